The van der Waals surface area contributed by atoms with Crippen LogP contribution in [0.15, 0.2) is 6.20 Å². The first-order chi connectivity index (χ1) is 11.4. The van der Waals surface area contributed by atoms with Crippen molar-refractivity contribution in [3.63, 3.8) is 0 Å². The van der Waals surface area contributed by atoms with Gasteiger partial charge in [0, 0.05) is 32.8 Å². The van der Waals surface area contributed by atoms with E-state index in [4.69, 9.17) is 11.6 Å². The van der Waals surface area contributed by atoms with E-state index in [9.17, 15) is 9.59 Å². The van der Waals surface area contributed by atoms with Crippen LogP contribution in [0.1, 0.15) is 38.7 Å². The highest BCUT2D eigenvalue weighted by Gasteiger charge is 2.38. The number of halogens is 1. The lowest BCUT2D eigenvalue weighted by molar-refractivity contribution is -0.122. The fourth-order valence-corrected chi connectivity index (χ4v) is 3.15. The second-order valence-electron chi connectivity index (χ2n) is 6.06. The van der Waals surface area contributed by atoms with Gasteiger partial charge < -0.3 is 15.1 Å². The van der Waals surface area contributed by atoms with E-state index in [0.717, 1.165) is 29.9 Å². The van der Waals surface area contributed by atoms with Gasteiger partial charge >= 0.3 is 0 Å². The molecule has 1 aliphatic rings. The summed E-state index contributed by atoms with van der Waals surface area (Å²) in [5.74, 6) is 0.658. The van der Waals surface area contributed by atoms with Crippen LogP contribution < -0.4 is 15.1 Å². The van der Waals surface area contributed by atoms with Gasteiger partial charge in [-0.15, -0.1) is 0 Å². The molecule has 1 N–H and O–H groups in total. The third-order valence-electron chi connectivity index (χ3n) is 4.26. The van der Waals surface area contributed by atoms with Gasteiger partial charge in [-0.05, 0) is 25.3 Å². The summed E-state index contributed by atoms with van der Waals surface area (Å²) in [7, 11) is 1.73. The standard InChI is InChI=1S/C17H25ClN4O2/c1-5-7-14(23)19-10-13-17(24)21(4)15-11(3)12(18)9-20-16(15)22(13)8-6-2/h9,13H,5-8,10H2,1-4H3,(H,19,23)/t13-/m1/s1. The molecule has 0 aromatic carbocycles. The Morgan fingerprint density at radius 2 is 2.08 bits per heavy atom. The van der Waals surface area contributed by atoms with Gasteiger partial charge in [-0.3, -0.25) is 9.59 Å². The minimum atomic E-state index is -0.448. The van der Waals surface area contributed by atoms with E-state index in [0.29, 0.717) is 18.0 Å². The number of hydrogen-bond donors (Lipinski definition) is 1. The van der Waals surface area contributed by atoms with E-state index in [2.05, 4.69) is 17.2 Å². The molecular weight excluding hydrogens is 328 g/mol. The average Bonchev–Trinajstić information content (AvgIpc) is 2.55. The first-order valence-corrected chi connectivity index (χ1v) is 8.76. The van der Waals surface area contributed by atoms with Crippen LogP contribution in [0.2, 0.25) is 5.02 Å². The summed E-state index contributed by atoms with van der Waals surface area (Å²) in [4.78, 5) is 32.7. The number of fused-ring (bicyclic) bond motifs is 1. The molecule has 6 nitrogen and oxygen atoms in total. The van der Waals surface area contributed by atoms with E-state index in [-0.39, 0.29) is 18.4 Å². The van der Waals surface area contributed by atoms with E-state index < -0.39 is 6.04 Å². The van der Waals surface area contributed by atoms with Crippen molar-refractivity contribution >= 4 is 34.9 Å². The maximum atomic E-state index is 12.9. The number of carbonyl (C=O) groups is 2. The van der Waals surface area contributed by atoms with E-state index in [1.54, 1.807) is 18.1 Å². The molecule has 2 rings (SSSR count). The van der Waals surface area contributed by atoms with Crippen molar-refractivity contribution in [2.45, 2.75) is 46.1 Å². The topological polar surface area (TPSA) is 65.5 Å². The SMILES string of the molecule is CCCC(=O)NC[C@@H]1C(=O)N(C)c2c(ncc(Cl)c2C)N1CCC. The minimum Gasteiger partial charge on any atom is -0.353 e. The van der Waals surface area contributed by atoms with Gasteiger partial charge in [0.1, 0.15) is 6.04 Å². The van der Waals surface area contributed by atoms with Crippen molar-refractivity contribution in [3.05, 3.63) is 16.8 Å². The number of amides is 2. The summed E-state index contributed by atoms with van der Waals surface area (Å²) in [6.45, 7) is 6.87. The third kappa shape index (κ3) is 3.48. The monoisotopic (exact) mass is 352 g/mol. The predicted octanol–water partition coefficient (Wildman–Crippen LogP) is 2.52. The Morgan fingerprint density at radius 3 is 2.71 bits per heavy atom. The average molecular weight is 353 g/mol. The Bertz CT molecular complexity index is 635. The number of hydrogen-bond acceptors (Lipinski definition) is 4. The zero-order valence-electron chi connectivity index (χ0n) is 14.7. The van der Waals surface area contributed by atoms with Crippen LogP contribution in [-0.2, 0) is 9.59 Å². The largest absolute Gasteiger partial charge is 0.353 e. The summed E-state index contributed by atoms with van der Waals surface area (Å²) in [5, 5.41) is 3.41. The number of carbonyl (C=O) groups excluding carboxylic acids is 2. The maximum Gasteiger partial charge on any atom is 0.251 e. The van der Waals surface area contributed by atoms with Gasteiger partial charge in [0.15, 0.2) is 5.82 Å². The highest BCUT2D eigenvalue weighted by Crippen LogP contribution is 2.38. The fourth-order valence-electron chi connectivity index (χ4n) is 3.01. The Morgan fingerprint density at radius 1 is 1.38 bits per heavy atom. The molecule has 2 heterocycles. The lowest BCUT2D eigenvalue weighted by atomic mass is 10.1. The molecule has 0 aliphatic carbocycles. The number of rotatable bonds is 6. The van der Waals surface area contributed by atoms with E-state index in [1.807, 2.05) is 18.7 Å². The predicted molar refractivity (Wildman–Crippen MR) is 96.7 cm³/mol. The number of anilines is 2. The normalized spacial score (nSPS) is 17.0. The molecular formula is C17H25ClN4O2. The zero-order valence-corrected chi connectivity index (χ0v) is 15.5. The number of nitrogens with zero attached hydrogens (tertiary/aromatic N) is 3. The highest BCUT2D eigenvalue weighted by atomic mass is 35.5. The van der Waals surface area contributed by atoms with Crippen LogP contribution in [0.3, 0.4) is 0 Å². The van der Waals surface area contributed by atoms with Crippen LogP contribution in [0.5, 0.6) is 0 Å². The summed E-state index contributed by atoms with van der Waals surface area (Å²) in [5.41, 5.74) is 1.59. The molecule has 0 spiro atoms. The molecule has 0 unspecified atom stereocenters. The first-order valence-electron chi connectivity index (χ1n) is 8.38. The van der Waals surface area contributed by atoms with Crippen LogP contribution in [0.4, 0.5) is 11.5 Å². The molecule has 0 bridgehead atoms. The molecule has 7 heteroatoms. The molecule has 0 fully saturated rings. The van der Waals surface area contributed by atoms with Gasteiger partial charge in [0.05, 0.1) is 10.7 Å². The number of aromatic nitrogens is 1. The molecule has 0 radical (unpaired) electrons. The second-order valence-corrected chi connectivity index (χ2v) is 6.47. The number of likely N-dealkylation sites (N-methyl/N-ethyl adjacent to an activating group) is 1. The smallest absolute Gasteiger partial charge is 0.251 e. The lowest BCUT2D eigenvalue weighted by Crippen LogP contribution is -2.57. The van der Waals surface area contributed by atoms with Crippen molar-refractivity contribution in [3.8, 4) is 0 Å². The Balaban J connectivity index is 2.36. The molecule has 24 heavy (non-hydrogen) atoms. The van der Waals surface area contributed by atoms with Crippen LogP contribution in [0, 0.1) is 6.92 Å². The Hall–Kier alpha value is -1.82. The molecule has 2 amide bonds. The molecule has 1 aliphatic heterocycles. The van der Waals surface area contributed by atoms with Crippen molar-refractivity contribution < 1.29 is 9.59 Å². The van der Waals surface area contributed by atoms with Crippen molar-refractivity contribution in [1.29, 1.82) is 0 Å². The fraction of sp³-hybridized carbons (Fsp3) is 0.588. The third-order valence-corrected chi connectivity index (χ3v) is 4.64. The van der Waals surface area contributed by atoms with E-state index >= 15 is 0 Å². The van der Waals surface area contributed by atoms with E-state index in [1.165, 1.54) is 0 Å². The summed E-state index contributed by atoms with van der Waals surface area (Å²) >= 11 is 6.18. The van der Waals surface area contributed by atoms with Gasteiger partial charge in [0.25, 0.3) is 5.91 Å². The van der Waals surface area contributed by atoms with Crippen LogP contribution in [0.25, 0.3) is 0 Å². The molecule has 1 atom stereocenters. The number of nitrogens with one attached hydrogen (secondary N) is 1. The second kappa shape index (κ2) is 7.83. The lowest BCUT2D eigenvalue weighted by Gasteiger charge is -2.41. The summed E-state index contributed by atoms with van der Waals surface area (Å²) in [6.07, 6.45) is 3.74. The van der Waals surface area contributed by atoms with Crippen LogP contribution >= 0.6 is 11.6 Å². The minimum absolute atomic E-state index is 0.0320. The van der Waals surface area contributed by atoms with Crippen LogP contribution in [-0.4, -0.2) is 43.0 Å². The Kier molecular flexibility index (Phi) is 6.04. The molecule has 0 saturated heterocycles. The highest BCUT2D eigenvalue weighted by molar-refractivity contribution is 6.32. The summed E-state index contributed by atoms with van der Waals surface area (Å²) < 4.78 is 0. The Labute approximate surface area is 148 Å². The van der Waals surface area contributed by atoms with Gasteiger partial charge in [-0.1, -0.05) is 25.4 Å². The number of pyridine rings is 1. The van der Waals surface area contributed by atoms with Crippen molar-refractivity contribution in [2.24, 2.45) is 0 Å². The summed E-state index contributed by atoms with van der Waals surface area (Å²) in [6, 6.07) is -0.448. The molecule has 132 valence electrons. The van der Waals surface area contributed by atoms with Crippen molar-refractivity contribution in [1.82, 2.24) is 10.3 Å². The van der Waals surface area contributed by atoms with Crippen molar-refractivity contribution in [2.75, 3.05) is 29.9 Å². The van der Waals surface area contributed by atoms with Gasteiger partial charge in [-0.25, -0.2) is 4.98 Å². The van der Waals surface area contributed by atoms with Gasteiger partial charge in [0.2, 0.25) is 5.91 Å². The maximum absolute atomic E-state index is 12.9. The quantitative estimate of drug-likeness (QED) is 0.854. The molecule has 1 aromatic rings. The zero-order chi connectivity index (χ0) is 17.9. The first kappa shape index (κ1) is 18.5. The molecule has 0 saturated carbocycles. The van der Waals surface area contributed by atoms with Gasteiger partial charge in [-0.2, -0.15) is 0 Å². The molecule has 1 aromatic heterocycles.